The summed E-state index contributed by atoms with van der Waals surface area (Å²) in [4.78, 5) is 39.6. The molecule has 4 aromatic rings. The van der Waals surface area contributed by atoms with E-state index in [4.69, 9.17) is 9.47 Å². The van der Waals surface area contributed by atoms with Crippen molar-refractivity contribution in [3.8, 4) is 11.5 Å². The third-order valence-electron chi connectivity index (χ3n) is 5.84. The van der Waals surface area contributed by atoms with Crippen molar-refractivity contribution < 1.29 is 23.9 Å². The van der Waals surface area contributed by atoms with Gasteiger partial charge in [0.05, 0.1) is 23.9 Å². The first-order chi connectivity index (χ1) is 17.5. The molecule has 5 rings (SSSR count). The van der Waals surface area contributed by atoms with Crippen molar-refractivity contribution in [2.24, 2.45) is 0 Å². The average Bonchev–Trinajstić information content (AvgIpc) is 3.18. The molecule has 0 aromatic heterocycles. The molecule has 0 saturated carbocycles. The molecule has 36 heavy (non-hydrogen) atoms. The monoisotopic (exact) mass is 478 g/mol. The van der Waals surface area contributed by atoms with Gasteiger partial charge in [0.1, 0.15) is 18.1 Å². The number of hydrogen-bond acceptors (Lipinski definition) is 5. The van der Waals surface area contributed by atoms with E-state index in [0.29, 0.717) is 40.4 Å². The van der Waals surface area contributed by atoms with Gasteiger partial charge in [-0.3, -0.25) is 14.4 Å². The molecule has 0 atom stereocenters. The summed E-state index contributed by atoms with van der Waals surface area (Å²) < 4.78 is 11.2. The fourth-order valence-corrected chi connectivity index (χ4v) is 3.99. The zero-order chi connectivity index (χ0) is 25.1. The van der Waals surface area contributed by atoms with Crippen LogP contribution in [0.4, 0.5) is 11.4 Å². The number of anilines is 2. The molecule has 0 bridgehead atoms. The van der Waals surface area contributed by atoms with Crippen LogP contribution in [0.1, 0.15) is 36.6 Å². The molecule has 1 aliphatic heterocycles. The summed E-state index contributed by atoms with van der Waals surface area (Å²) in [5, 5.41) is 2.82. The standard InChI is InChI=1S/C29H22N2O5/c1-35-26-17-21(13-16-25(26)31-28(33)23-9-5-6-10-24(23)29(31)34)30-27(32)20-11-14-22(15-12-20)36-18-19-7-3-2-4-8-19/h2-17H,18H2,1H3,(H,30,32). The lowest BCUT2D eigenvalue weighted by Crippen LogP contribution is -2.29. The van der Waals surface area contributed by atoms with Crippen molar-refractivity contribution in [1.29, 1.82) is 0 Å². The largest absolute Gasteiger partial charge is 0.494 e. The quantitative estimate of drug-likeness (QED) is 0.363. The van der Waals surface area contributed by atoms with Crippen molar-refractivity contribution in [2.45, 2.75) is 6.61 Å². The fraction of sp³-hybridized carbons (Fsp3) is 0.0690. The number of hydrogen-bond donors (Lipinski definition) is 1. The third kappa shape index (κ3) is 4.42. The summed E-state index contributed by atoms with van der Waals surface area (Å²) >= 11 is 0. The molecule has 178 valence electrons. The van der Waals surface area contributed by atoms with Gasteiger partial charge in [-0.15, -0.1) is 0 Å². The van der Waals surface area contributed by atoms with Crippen molar-refractivity contribution in [1.82, 2.24) is 0 Å². The molecular weight excluding hydrogens is 456 g/mol. The Morgan fingerprint density at radius 2 is 1.44 bits per heavy atom. The van der Waals surface area contributed by atoms with E-state index >= 15 is 0 Å². The molecule has 3 amide bonds. The van der Waals surface area contributed by atoms with Crippen molar-refractivity contribution in [3.63, 3.8) is 0 Å². The summed E-state index contributed by atoms with van der Waals surface area (Å²) in [5.41, 5.74) is 2.96. The smallest absolute Gasteiger partial charge is 0.266 e. The average molecular weight is 479 g/mol. The number of carbonyl (C=O) groups is 3. The van der Waals surface area contributed by atoms with Crippen LogP contribution in [0, 0.1) is 0 Å². The maximum absolute atomic E-state index is 12.8. The lowest BCUT2D eigenvalue weighted by Gasteiger charge is -2.18. The second-order valence-electron chi connectivity index (χ2n) is 8.13. The number of fused-ring (bicyclic) bond motifs is 1. The van der Waals surface area contributed by atoms with Crippen LogP contribution in [-0.4, -0.2) is 24.8 Å². The predicted octanol–water partition coefficient (Wildman–Crippen LogP) is 5.33. The Bertz CT molecular complexity index is 1410. The van der Waals surface area contributed by atoms with E-state index in [9.17, 15) is 14.4 Å². The maximum Gasteiger partial charge on any atom is 0.266 e. The first kappa shape index (κ1) is 22.9. The van der Waals surface area contributed by atoms with Crippen LogP contribution in [0.25, 0.3) is 0 Å². The van der Waals surface area contributed by atoms with E-state index in [0.717, 1.165) is 10.5 Å². The van der Waals surface area contributed by atoms with Crippen LogP contribution in [0.15, 0.2) is 97.1 Å². The summed E-state index contributed by atoms with van der Waals surface area (Å²) in [5.74, 6) is -0.213. The van der Waals surface area contributed by atoms with E-state index in [1.807, 2.05) is 30.3 Å². The van der Waals surface area contributed by atoms with Gasteiger partial charge in [0.2, 0.25) is 0 Å². The van der Waals surface area contributed by atoms with Crippen LogP contribution < -0.4 is 19.7 Å². The lowest BCUT2D eigenvalue weighted by atomic mass is 10.1. The van der Waals surface area contributed by atoms with E-state index < -0.39 is 11.8 Å². The van der Waals surface area contributed by atoms with Gasteiger partial charge in [0.25, 0.3) is 17.7 Å². The molecule has 4 aromatic carbocycles. The van der Waals surface area contributed by atoms with Crippen molar-refractivity contribution >= 4 is 29.1 Å². The Morgan fingerprint density at radius 3 is 2.08 bits per heavy atom. The van der Waals surface area contributed by atoms with E-state index in [-0.39, 0.29) is 11.7 Å². The van der Waals surface area contributed by atoms with Gasteiger partial charge in [-0.1, -0.05) is 42.5 Å². The van der Waals surface area contributed by atoms with Gasteiger partial charge in [-0.25, -0.2) is 4.90 Å². The molecule has 0 radical (unpaired) electrons. The highest BCUT2D eigenvalue weighted by molar-refractivity contribution is 6.34. The Morgan fingerprint density at radius 1 is 0.806 bits per heavy atom. The highest BCUT2D eigenvalue weighted by atomic mass is 16.5. The zero-order valence-corrected chi connectivity index (χ0v) is 19.4. The van der Waals surface area contributed by atoms with E-state index in [2.05, 4.69) is 5.32 Å². The number of methoxy groups -OCH3 is 1. The summed E-state index contributed by atoms with van der Waals surface area (Å²) in [7, 11) is 1.44. The Labute approximate surface area is 207 Å². The molecule has 1 heterocycles. The molecule has 0 spiro atoms. The van der Waals surface area contributed by atoms with Crippen molar-refractivity contribution in [2.75, 3.05) is 17.3 Å². The molecule has 0 unspecified atom stereocenters. The number of nitrogens with zero attached hydrogens (tertiary/aromatic N) is 1. The lowest BCUT2D eigenvalue weighted by molar-refractivity contribution is 0.0923. The Kier molecular flexibility index (Phi) is 6.19. The van der Waals surface area contributed by atoms with Crippen LogP contribution >= 0.6 is 0 Å². The van der Waals surface area contributed by atoms with E-state index in [1.165, 1.54) is 7.11 Å². The van der Waals surface area contributed by atoms with Gasteiger partial charge in [0.15, 0.2) is 0 Å². The first-order valence-corrected chi connectivity index (χ1v) is 11.3. The van der Waals surface area contributed by atoms with Gasteiger partial charge in [-0.2, -0.15) is 0 Å². The van der Waals surface area contributed by atoms with Gasteiger partial charge < -0.3 is 14.8 Å². The van der Waals surface area contributed by atoms with Gasteiger partial charge in [0, 0.05) is 17.3 Å². The van der Waals surface area contributed by atoms with Gasteiger partial charge >= 0.3 is 0 Å². The number of benzene rings is 4. The van der Waals surface area contributed by atoms with Crippen molar-refractivity contribution in [3.05, 3.63) is 119 Å². The SMILES string of the molecule is COc1cc(NC(=O)c2ccc(OCc3ccccc3)cc2)ccc1N1C(=O)c2ccccc2C1=O. The second-order valence-corrected chi connectivity index (χ2v) is 8.13. The molecule has 0 aliphatic carbocycles. The van der Waals surface area contributed by atoms with Gasteiger partial charge in [-0.05, 0) is 54.1 Å². The molecule has 1 N–H and O–H groups in total. The minimum atomic E-state index is -0.416. The number of rotatable bonds is 7. The normalized spacial score (nSPS) is 12.3. The minimum absolute atomic E-state index is 0.284. The van der Waals surface area contributed by atoms with E-state index in [1.54, 1.807) is 66.7 Å². The zero-order valence-electron chi connectivity index (χ0n) is 19.4. The third-order valence-corrected chi connectivity index (χ3v) is 5.84. The minimum Gasteiger partial charge on any atom is -0.494 e. The molecule has 1 aliphatic rings. The van der Waals surface area contributed by atoms with Crippen LogP contribution in [-0.2, 0) is 6.61 Å². The molecule has 7 heteroatoms. The number of amides is 3. The van der Waals surface area contributed by atoms with Crippen LogP contribution in [0.3, 0.4) is 0 Å². The highest BCUT2D eigenvalue weighted by Crippen LogP contribution is 2.36. The Hall–Kier alpha value is -4.91. The first-order valence-electron chi connectivity index (χ1n) is 11.3. The molecule has 0 saturated heterocycles. The molecule has 7 nitrogen and oxygen atoms in total. The molecule has 0 fully saturated rings. The number of carbonyl (C=O) groups excluding carboxylic acids is 3. The number of ether oxygens (including phenoxy) is 2. The summed E-state index contributed by atoms with van der Waals surface area (Å²) in [6.45, 7) is 0.436. The second kappa shape index (κ2) is 9.76. The number of nitrogens with one attached hydrogen (secondary N) is 1. The maximum atomic E-state index is 12.8. The predicted molar refractivity (Wildman–Crippen MR) is 136 cm³/mol. The topological polar surface area (TPSA) is 84.9 Å². The Balaban J connectivity index is 1.28. The van der Waals surface area contributed by atoms with Crippen LogP contribution in [0.2, 0.25) is 0 Å². The van der Waals surface area contributed by atoms with Crippen LogP contribution in [0.5, 0.6) is 11.5 Å². The summed E-state index contributed by atoms with van der Waals surface area (Å²) in [6, 6.07) is 28.1. The molecular formula is C29H22N2O5. The fourth-order valence-electron chi connectivity index (χ4n) is 3.99. The summed E-state index contributed by atoms with van der Waals surface area (Å²) in [6.07, 6.45) is 0. The highest BCUT2D eigenvalue weighted by Gasteiger charge is 2.37. The number of imide groups is 1.